The zero-order valence-corrected chi connectivity index (χ0v) is 19.5. The molecule has 36 heavy (non-hydrogen) atoms. The van der Waals surface area contributed by atoms with Crippen LogP contribution in [-0.2, 0) is 21.9 Å². The highest BCUT2D eigenvalue weighted by Crippen LogP contribution is 2.49. The van der Waals surface area contributed by atoms with Crippen LogP contribution in [0.1, 0.15) is 54.5 Å². The Kier molecular flexibility index (Phi) is 6.62. The molecule has 2 aromatic carbocycles. The highest BCUT2D eigenvalue weighted by Gasteiger charge is 2.56. The highest BCUT2D eigenvalue weighted by molar-refractivity contribution is 5.86. The monoisotopic (exact) mass is 518 g/mol. The molecule has 2 aliphatic rings. The van der Waals surface area contributed by atoms with Crippen molar-refractivity contribution in [1.82, 2.24) is 4.90 Å². The minimum absolute atomic E-state index is 0.0650. The number of ether oxygens (including phenoxy) is 1. The molecule has 196 valence electrons. The molecule has 0 aliphatic carbocycles. The van der Waals surface area contributed by atoms with Crippen molar-refractivity contribution < 1.29 is 40.3 Å². The van der Waals surface area contributed by atoms with Gasteiger partial charge in [-0.05, 0) is 61.7 Å². The van der Waals surface area contributed by atoms with E-state index in [0.29, 0.717) is 24.1 Å². The Labute approximate surface area is 203 Å². The number of hydrogen-bond donors (Lipinski definition) is 1. The lowest BCUT2D eigenvalue weighted by Gasteiger charge is -2.29. The van der Waals surface area contributed by atoms with Gasteiger partial charge in [0.05, 0.1) is 28.7 Å². The maximum atomic E-state index is 13.6. The molecule has 2 N–H and O–H groups in total. The first-order valence-electron chi connectivity index (χ1n) is 11.4. The smallest absolute Gasteiger partial charge is 0.368 e. The third kappa shape index (κ3) is 4.82. The predicted octanol–water partition coefficient (Wildman–Crippen LogP) is 5.67. The summed E-state index contributed by atoms with van der Waals surface area (Å²) in [6.07, 6.45) is -11.5. The number of fused-ring (bicyclic) bond motifs is 1. The summed E-state index contributed by atoms with van der Waals surface area (Å²) in [5, 5.41) is 0. The van der Waals surface area contributed by atoms with E-state index in [1.54, 1.807) is 24.0 Å². The molecule has 0 radical (unpaired) electrons. The molecule has 2 unspecified atom stereocenters. The van der Waals surface area contributed by atoms with Crippen LogP contribution in [0.2, 0.25) is 0 Å². The Morgan fingerprint density at radius 2 is 1.61 bits per heavy atom. The fraction of sp³-hybridized carbons (Fsp3) is 0.480. The summed E-state index contributed by atoms with van der Waals surface area (Å²) in [4.78, 5) is 14.7. The number of halogens is 7. The van der Waals surface area contributed by atoms with Crippen molar-refractivity contribution in [2.75, 3.05) is 13.1 Å². The first-order valence-corrected chi connectivity index (χ1v) is 11.4. The van der Waals surface area contributed by atoms with Crippen molar-refractivity contribution in [3.63, 3.8) is 0 Å². The zero-order valence-electron chi connectivity index (χ0n) is 19.5. The largest absolute Gasteiger partial charge is 0.416 e. The molecular formula is C25H25F7N2O2. The van der Waals surface area contributed by atoms with Crippen LogP contribution in [0.25, 0.3) is 0 Å². The number of amides is 1. The second-order valence-corrected chi connectivity index (χ2v) is 9.73. The van der Waals surface area contributed by atoms with Gasteiger partial charge in [0, 0.05) is 25.0 Å². The lowest BCUT2D eigenvalue weighted by Crippen LogP contribution is -2.39. The number of nitrogens with two attached hydrogens (primary N) is 1. The Hall–Kier alpha value is -2.66. The van der Waals surface area contributed by atoms with E-state index in [4.69, 9.17) is 10.5 Å². The number of alkyl halides is 6. The summed E-state index contributed by atoms with van der Waals surface area (Å²) in [5.74, 6) is -1.14. The van der Waals surface area contributed by atoms with Crippen molar-refractivity contribution in [1.29, 1.82) is 0 Å². The molecule has 2 saturated heterocycles. The molecule has 0 aromatic heterocycles. The summed E-state index contributed by atoms with van der Waals surface area (Å²) >= 11 is 0. The van der Waals surface area contributed by atoms with Gasteiger partial charge in [-0.3, -0.25) is 4.79 Å². The van der Waals surface area contributed by atoms with Crippen LogP contribution in [0.5, 0.6) is 0 Å². The van der Waals surface area contributed by atoms with Crippen LogP contribution in [0.15, 0.2) is 42.5 Å². The van der Waals surface area contributed by atoms with Crippen LogP contribution in [0.3, 0.4) is 0 Å². The lowest BCUT2D eigenvalue weighted by molar-refractivity contribution is -0.143. The van der Waals surface area contributed by atoms with Gasteiger partial charge < -0.3 is 15.4 Å². The fourth-order valence-corrected chi connectivity index (χ4v) is 5.23. The molecule has 4 nitrogen and oxygen atoms in total. The normalized spacial score (nSPS) is 27.4. The lowest BCUT2D eigenvalue weighted by atomic mass is 9.80. The summed E-state index contributed by atoms with van der Waals surface area (Å²) < 4.78 is 99.6. The van der Waals surface area contributed by atoms with E-state index in [9.17, 15) is 35.5 Å². The number of rotatable bonds is 5. The van der Waals surface area contributed by atoms with E-state index >= 15 is 0 Å². The Morgan fingerprint density at radius 1 is 1.06 bits per heavy atom. The Bertz CT molecular complexity index is 1100. The van der Waals surface area contributed by atoms with E-state index in [0.717, 1.165) is 0 Å². The molecule has 2 heterocycles. The quantitative estimate of drug-likeness (QED) is 0.519. The van der Waals surface area contributed by atoms with Gasteiger partial charge in [-0.15, -0.1) is 0 Å². The highest BCUT2D eigenvalue weighted by atomic mass is 19.4. The van der Waals surface area contributed by atoms with Crippen molar-refractivity contribution in [3.8, 4) is 0 Å². The minimum atomic E-state index is -4.98. The standard InChI is InChI=1S/C25H25F7N2O2/c1-13(15-7-16(24(27,28)29)9-17(8-15)25(30,31)32)36-20-11-34-19(10-23(2,12-33)22(34)35)21(20)14-3-5-18(26)6-4-14/h3-9,13,19-21H,10-12,33H2,1-2H3/t13-,19?,20+,21+,23?/m1/s1. The first kappa shape index (κ1) is 26.4. The summed E-state index contributed by atoms with van der Waals surface area (Å²) in [6.45, 7) is 3.31. The molecule has 2 aliphatic heterocycles. The van der Waals surface area contributed by atoms with Gasteiger partial charge in [0.1, 0.15) is 5.82 Å². The van der Waals surface area contributed by atoms with Crippen LogP contribution in [0.4, 0.5) is 30.7 Å². The van der Waals surface area contributed by atoms with Crippen molar-refractivity contribution in [2.45, 2.75) is 56.8 Å². The van der Waals surface area contributed by atoms with Crippen molar-refractivity contribution in [2.24, 2.45) is 11.1 Å². The molecule has 0 spiro atoms. The maximum Gasteiger partial charge on any atom is 0.416 e. The van der Waals surface area contributed by atoms with E-state index < -0.39 is 52.8 Å². The topological polar surface area (TPSA) is 55.6 Å². The maximum absolute atomic E-state index is 13.6. The molecule has 1 amide bonds. The molecule has 0 bridgehead atoms. The SMILES string of the molecule is C[C@@H](O[C@H]1CN2C(=O)C(C)(CN)CC2[C@@H]1c1ccc(F)cc1)c1cc(C(F)(F)F)cc(C(F)(F)F)c1. The molecule has 0 saturated carbocycles. The number of carbonyl (C=O) groups is 1. The molecule has 5 atom stereocenters. The van der Waals surface area contributed by atoms with Gasteiger partial charge in [-0.2, -0.15) is 26.3 Å². The number of benzene rings is 2. The van der Waals surface area contributed by atoms with E-state index in [-0.39, 0.29) is 36.7 Å². The molecule has 2 fully saturated rings. The number of hydrogen-bond acceptors (Lipinski definition) is 3. The minimum Gasteiger partial charge on any atom is -0.368 e. The van der Waals surface area contributed by atoms with Crippen LogP contribution in [-0.4, -0.2) is 36.0 Å². The third-order valence-corrected chi connectivity index (χ3v) is 7.19. The molecule has 4 rings (SSSR count). The summed E-state index contributed by atoms with van der Waals surface area (Å²) in [5.41, 5.74) is 2.53. The van der Waals surface area contributed by atoms with Gasteiger partial charge in [0.15, 0.2) is 0 Å². The van der Waals surface area contributed by atoms with Crippen LogP contribution < -0.4 is 5.73 Å². The average Bonchev–Trinajstić information content (AvgIpc) is 3.26. The summed E-state index contributed by atoms with van der Waals surface area (Å²) in [7, 11) is 0. The second-order valence-electron chi connectivity index (χ2n) is 9.73. The Morgan fingerprint density at radius 3 is 2.11 bits per heavy atom. The van der Waals surface area contributed by atoms with Crippen LogP contribution >= 0.6 is 0 Å². The molecular weight excluding hydrogens is 493 g/mol. The predicted molar refractivity (Wildman–Crippen MR) is 116 cm³/mol. The average molecular weight is 518 g/mol. The van der Waals surface area contributed by atoms with Crippen LogP contribution in [0, 0.1) is 11.2 Å². The van der Waals surface area contributed by atoms with Gasteiger partial charge in [-0.25, -0.2) is 4.39 Å². The zero-order chi connectivity index (χ0) is 26.6. The number of carbonyl (C=O) groups excluding carboxylic acids is 1. The van der Waals surface area contributed by atoms with E-state index in [1.807, 2.05) is 0 Å². The van der Waals surface area contributed by atoms with Gasteiger partial charge in [0.25, 0.3) is 0 Å². The molecule has 11 heteroatoms. The second kappa shape index (κ2) is 9.02. The van der Waals surface area contributed by atoms with Crippen molar-refractivity contribution >= 4 is 5.91 Å². The first-order chi connectivity index (χ1) is 16.6. The summed E-state index contributed by atoms with van der Waals surface area (Å²) in [6, 6.07) is 6.56. The number of nitrogens with zero attached hydrogens (tertiary/aromatic N) is 1. The third-order valence-electron chi connectivity index (χ3n) is 7.19. The van der Waals surface area contributed by atoms with Crippen molar-refractivity contribution in [3.05, 3.63) is 70.5 Å². The van der Waals surface area contributed by atoms with Gasteiger partial charge >= 0.3 is 12.4 Å². The fourth-order valence-electron chi connectivity index (χ4n) is 5.23. The van der Waals surface area contributed by atoms with E-state index in [1.165, 1.54) is 19.1 Å². The van der Waals surface area contributed by atoms with Gasteiger partial charge in [0.2, 0.25) is 5.91 Å². The Balaban J connectivity index is 1.68. The molecule has 2 aromatic rings. The van der Waals surface area contributed by atoms with Gasteiger partial charge in [-0.1, -0.05) is 12.1 Å². The van der Waals surface area contributed by atoms with E-state index in [2.05, 4.69) is 0 Å².